The molecule has 86 valence electrons. The van der Waals surface area contributed by atoms with E-state index in [-0.39, 0.29) is 12.5 Å². The highest BCUT2D eigenvalue weighted by Gasteiger charge is 2.15. The third kappa shape index (κ3) is 5.63. The highest BCUT2D eigenvalue weighted by molar-refractivity contribution is 5.96. The van der Waals surface area contributed by atoms with E-state index in [1.54, 1.807) is 14.1 Å². The fraction of sp³-hybridized carbons (Fsp3) is 0.625. The summed E-state index contributed by atoms with van der Waals surface area (Å²) in [6, 6.07) is -1.56. The van der Waals surface area contributed by atoms with Gasteiger partial charge in [-0.1, -0.05) is 0 Å². The van der Waals surface area contributed by atoms with E-state index in [4.69, 9.17) is 5.73 Å². The Morgan fingerprint density at radius 3 is 2.27 bits per heavy atom. The van der Waals surface area contributed by atoms with Crippen molar-refractivity contribution >= 4 is 17.8 Å². The lowest BCUT2D eigenvalue weighted by Gasteiger charge is -2.14. The van der Waals surface area contributed by atoms with Gasteiger partial charge in [-0.25, -0.2) is 4.79 Å². The molecule has 15 heavy (non-hydrogen) atoms. The minimum atomic E-state index is -0.910. The molecule has 0 aliphatic carbocycles. The summed E-state index contributed by atoms with van der Waals surface area (Å²) in [5.41, 5.74) is 4.76. The Bertz CT molecular complexity index is 265. The van der Waals surface area contributed by atoms with Gasteiger partial charge in [0.2, 0.25) is 11.8 Å². The van der Waals surface area contributed by atoms with Crippen LogP contribution in [-0.4, -0.2) is 49.4 Å². The number of nitrogens with two attached hydrogens (primary N) is 1. The number of amides is 4. The summed E-state index contributed by atoms with van der Waals surface area (Å²) in [6.07, 6.45) is 0. The number of carbonyl (C=O) groups is 3. The van der Waals surface area contributed by atoms with Gasteiger partial charge in [0.25, 0.3) is 0 Å². The largest absolute Gasteiger partial charge is 0.351 e. The summed E-state index contributed by atoms with van der Waals surface area (Å²) in [5, 5.41) is 4.57. The lowest BCUT2D eigenvalue weighted by molar-refractivity contribution is -0.128. The van der Waals surface area contributed by atoms with E-state index in [0.717, 1.165) is 0 Å². The summed E-state index contributed by atoms with van der Waals surface area (Å²) in [5.74, 6) is -0.720. The molecule has 0 aliphatic rings. The Morgan fingerprint density at radius 2 is 1.87 bits per heavy atom. The van der Waals surface area contributed by atoms with Gasteiger partial charge in [0.05, 0.1) is 12.6 Å². The molecular weight excluding hydrogens is 200 g/mol. The predicted octanol–water partition coefficient (Wildman–Crippen LogP) is -1.75. The van der Waals surface area contributed by atoms with Gasteiger partial charge in [0.1, 0.15) is 0 Å². The molecular formula is C8H16N4O3. The number of imide groups is 1. The van der Waals surface area contributed by atoms with Crippen LogP contribution in [0.15, 0.2) is 0 Å². The number of rotatable bonds is 4. The number of hydrogen-bond donors (Lipinski definition) is 3. The Balaban J connectivity index is 3.93. The molecule has 0 radical (unpaired) electrons. The zero-order chi connectivity index (χ0) is 12.0. The third-order valence-corrected chi connectivity index (χ3v) is 1.70. The fourth-order valence-electron chi connectivity index (χ4n) is 0.721. The monoisotopic (exact) mass is 216 g/mol. The van der Waals surface area contributed by atoms with E-state index >= 15 is 0 Å². The quantitative estimate of drug-likeness (QED) is 0.518. The Labute approximate surface area is 88.0 Å². The van der Waals surface area contributed by atoms with E-state index in [2.05, 4.69) is 5.32 Å². The van der Waals surface area contributed by atoms with Crippen molar-refractivity contribution in [1.29, 1.82) is 0 Å². The second kappa shape index (κ2) is 5.97. The van der Waals surface area contributed by atoms with Gasteiger partial charge in [-0.2, -0.15) is 0 Å². The van der Waals surface area contributed by atoms with Crippen LogP contribution in [0.1, 0.15) is 6.92 Å². The van der Waals surface area contributed by atoms with Crippen LogP contribution in [0, 0.1) is 0 Å². The SMILES string of the molecule is CC(NCC(=O)N(C)C)C(=O)NC(N)=O. The average Bonchev–Trinajstić information content (AvgIpc) is 2.12. The summed E-state index contributed by atoms with van der Waals surface area (Å²) >= 11 is 0. The smallest absolute Gasteiger partial charge is 0.318 e. The molecule has 0 aromatic rings. The standard InChI is InChI=1S/C8H16N4O3/c1-5(7(14)11-8(9)15)10-4-6(13)12(2)3/h5,10H,4H2,1-3H3,(H3,9,11,14,15). The van der Waals surface area contributed by atoms with Crippen LogP contribution in [0.3, 0.4) is 0 Å². The van der Waals surface area contributed by atoms with Crippen LogP contribution in [0.25, 0.3) is 0 Å². The van der Waals surface area contributed by atoms with Crippen molar-refractivity contribution in [2.75, 3.05) is 20.6 Å². The molecule has 0 heterocycles. The number of hydrogen-bond acceptors (Lipinski definition) is 4. The van der Waals surface area contributed by atoms with Crippen LogP contribution in [0.5, 0.6) is 0 Å². The molecule has 4 N–H and O–H groups in total. The van der Waals surface area contributed by atoms with Crippen LogP contribution >= 0.6 is 0 Å². The van der Waals surface area contributed by atoms with Crippen LogP contribution in [-0.2, 0) is 9.59 Å². The molecule has 0 rings (SSSR count). The van der Waals surface area contributed by atoms with Crippen molar-refractivity contribution in [2.24, 2.45) is 5.73 Å². The maximum atomic E-state index is 11.1. The van der Waals surface area contributed by atoms with Gasteiger partial charge in [0.15, 0.2) is 0 Å². The molecule has 1 atom stereocenters. The molecule has 0 saturated heterocycles. The van der Waals surface area contributed by atoms with E-state index in [1.165, 1.54) is 11.8 Å². The van der Waals surface area contributed by atoms with E-state index in [1.807, 2.05) is 5.32 Å². The number of primary amides is 1. The van der Waals surface area contributed by atoms with Gasteiger partial charge in [-0.15, -0.1) is 0 Å². The van der Waals surface area contributed by atoms with E-state index in [0.29, 0.717) is 0 Å². The highest BCUT2D eigenvalue weighted by Crippen LogP contribution is 1.83. The van der Waals surface area contributed by atoms with Gasteiger partial charge in [-0.05, 0) is 6.92 Å². The maximum Gasteiger partial charge on any atom is 0.318 e. The summed E-state index contributed by atoms with van der Waals surface area (Å²) in [6.45, 7) is 1.56. The fourth-order valence-corrected chi connectivity index (χ4v) is 0.721. The lowest BCUT2D eigenvalue weighted by atomic mass is 10.3. The van der Waals surface area contributed by atoms with Gasteiger partial charge in [-0.3, -0.25) is 20.2 Å². The van der Waals surface area contributed by atoms with E-state index < -0.39 is 18.0 Å². The topological polar surface area (TPSA) is 105 Å². The van der Waals surface area contributed by atoms with Crippen molar-refractivity contribution < 1.29 is 14.4 Å². The van der Waals surface area contributed by atoms with Crippen molar-refractivity contribution in [1.82, 2.24) is 15.5 Å². The number of likely N-dealkylation sites (N-methyl/N-ethyl adjacent to an activating group) is 1. The normalized spacial score (nSPS) is 11.7. The van der Waals surface area contributed by atoms with Crippen molar-refractivity contribution in [3.63, 3.8) is 0 Å². The summed E-state index contributed by atoms with van der Waals surface area (Å²) < 4.78 is 0. The van der Waals surface area contributed by atoms with Gasteiger partial charge >= 0.3 is 6.03 Å². The molecule has 0 aromatic heterocycles. The minimum Gasteiger partial charge on any atom is -0.351 e. The molecule has 1 unspecified atom stereocenters. The molecule has 7 heteroatoms. The molecule has 0 aliphatic heterocycles. The van der Waals surface area contributed by atoms with Crippen LogP contribution in [0.2, 0.25) is 0 Å². The Kier molecular flexibility index (Phi) is 5.32. The zero-order valence-electron chi connectivity index (χ0n) is 9.03. The van der Waals surface area contributed by atoms with Crippen molar-refractivity contribution in [2.45, 2.75) is 13.0 Å². The first-order valence-corrected chi connectivity index (χ1v) is 4.38. The van der Waals surface area contributed by atoms with Crippen LogP contribution < -0.4 is 16.4 Å². The minimum absolute atomic E-state index is 0.0281. The number of nitrogens with zero attached hydrogens (tertiary/aromatic N) is 1. The Hall–Kier alpha value is -1.63. The summed E-state index contributed by atoms with van der Waals surface area (Å²) in [7, 11) is 3.22. The second-order valence-corrected chi connectivity index (χ2v) is 3.24. The molecule has 0 bridgehead atoms. The molecule has 0 aromatic carbocycles. The maximum absolute atomic E-state index is 11.1. The summed E-state index contributed by atoms with van der Waals surface area (Å²) in [4.78, 5) is 34.0. The first-order chi connectivity index (χ1) is 6.84. The average molecular weight is 216 g/mol. The second-order valence-electron chi connectivity index (χ2n) is 3.24. The predicted molar refractivity (Wildman–Crippen MR) is 53.9 cm³/mol. The molecule has 0 saturated carbocycles. The highest BCUT2D eigenvalue weighted by atomic mass is 16.2. The van der Waals surface area contributed by atoms with Gasteiger partial charge < -0.3 is 10.6 Å². The third-order valence-electron chi connectivity index (χ3n) is 1.70. The molecule has 4 amide bonds. The lowest BCUT2D eigenvalue weighted by Crippen LogP contribution is -2.48. The first-order valence-electron chi connectivity index (χ1n) is 4.38. The van der Waals surface area contributed by atoms with Crippen LogP contribution in [0.4, 0.5) is 4.79 Å². The number of nitrogens with one attached hydrogen (secondary N) is 2. The number of carbonyl (C=O) groups excluding carboxylic acids is 3. The van der Waals surface area contributed by atoms with E-state index in [9.17, 15) is 14.4 Å². The molecule has 7 nitrogen and oxygen atoms in total. The number of urea groups is 1. The van der Waals surface area contributed by atoms with Crippen molar-refractivity contribution in [3.8, 4) is 0 Å². The first kappa shape index (κ1) is 13.4. The molecule has 0 spiro atoms. The Morgan fingerprint density at radius 1 is 1.33 bits per heavy atom. The zero-order valence-corrected chi connectivity index (χ0v) is 9.03. The van der Waals surface area contributed by atoms with Gasteiger partial charge in [0, 0.05) is 14.1 Å². The molecule has 0 fully saturated rings. The van der Waals surface area contributed by atoms with Crippen molar-refractivity contribution in [3.05, 3.63) is 0 Å².